The third-order valence-corrected chi connectivity index (χ3v) is 4.96. The summed E-state index contributed by atoms with van der Waals surface area (Å²) in [4.78, 5) is 18.0. The summed E-state index contributed by atoms with van der Waals surface area (Å²) in [5, 5.41) is 0. The van der Waals surface area contributed by atoms with Crippen LogP contribution in [-0.4, -0.2) is 60.9 Å². The molecule has 6 heteroatoms. The first-order chi connectivity index (χ1) is 11.7. The highest BCUT2D eigenvalue weighted by molar-refractivity contribution is 5.76. The molecule has 0 saturated carbocycles. The van der Waals surface area contributed by atoms with Crippen LogP contribution in [-0.2, 0) is 25.6 Å². The quantitative estimate of drug-likeness (QED) is 0.794. The van der Waals surface area contributed by atoms with Crippen LogP contribution in [0, 0.1) is 0 Å². The Balaban J connectivity index is 1.43. The highest BCUT2D eigenvalue weighted by Gasteiger charge is 2.43. The molecular weight excluding hydrogens is 308 g/mol. The van der Waals surface area contributed by atoms with Gasteiger partial charge in [0.05, 0.1) is 37.9 Å². The fraction of sp³-hybridized carbons (Fsp3) is 0.667. The van der Waals surface area contributed by atoms with Crippen molar-refractivity contribution >= 4 is 5.91 Å². The first-order valence-electron chi connectivity index (χ1n) is 8.62. The average molecular weight is 334 g/mol. The number of amides is 1. The van der Waals surface area contributed by atoms with Gasteiger partial charge in [-0.1, -0.05) is 0 Å². The first kappa shape index (κ1) is 17.3. The van der Waals surface area contributed by atoms with E-state index in [0.717, 1.165) is 37.9 Å². The normalized spacial score (nSPS) is 22.9. The Labute approximate surface area is 143 Å². The lowest BCUT2D eigenvalue weighted by Gasteiger charge is -2.38. The van der Waals surface area contributed by atoms with E-state index in [1.807, 2.05) is 17.0 Å². The van der Waals surface area contributed by atoms with E-state index in [2.05, 4.69) is 4.98 Å². The van der Waals surface area contributed by atoms with Crippen molar-refractivity contribution in [1.82, 2.24) is 9.88 Å². The van der Waals surface area contributed by atoms with Crippen LogP contribution in [0.2, 0.25) is 0 Å². The Morgan fingerprint density at radius 1 is 1.38 bits per heavy atom. The number of likely N-dealkylation sites (tertiary alicyclic amines) is 1. The molecule has 2 aliphatic rings. The predicted octanol–water partition coefficient (Wildman–Crippen LogP) is 1.78. The number of carbonyl (C=O) groups is 1. The van der Waals surface area contributed by atoms with Gasteiger partial charge in [-0.3, -0.25) is 9.78 Å². The van der Waals surface area contributed by atoms with E-state index in [-0.39, 0.29) is 17.6 Å². The van der Waals surface area contributed by atoms with Gasteiger partial charge in [-0.25, -0.2) is 0 Å². The Hall–Kier alpha value is -1.50. The van der Waals surface area contributed by atoms with Gasteiger partial charge in [-0.2, -0.15) is 0 Å². The van der Waals surface area contributed by atoms with Crippen molar-refractivity contribution in [2.75, 3.05) is 33.4 Å². The number of pyridine rings is 1. The SMILES string of the molecule is COCCC(=O)N1CCC2(CC1)CC(OCc1ccncc1)CO2. The molecule has 3 rings (SSSR count). The zero-order chi connectivity index (χ0) is 16.8. The Bertz CT molecular complexity index is 529. The third kappa shape index (κ3) is 4.32. The van der Waals surface area contributed by atoms with Gasteiger partial charge >= 0.3 is 0 Å². The highest BCUT2D eigenvalue weighted by Crippen LogP contribution is 2.37. The maximum Gasteiger partial charge on any atom is 0.224 e. The standard InChI is InChI=1S/C18H26N2O4/c1-22-11-4-17(21)20-9-5-18(6-10-20)12-16(14-24-18)23-13-15-2-7-19-8-3-15/h2-3,7-8,16H,4-6,9-14H2,1H3. The average Bonchev–Trinajstić information content (AvgIpc) is 3.02. The Morgan fingerprint density at radius 3 is 2.83 bits per heavy atom. The van der Waals surface area contributed by atoms with Crippen LogP contribution in [0.25, 0.3) is 0 Å². The van der Waals surface area contributed by atoms with E-state index in [9.17, 15) is 4.79 Å². The second-order valence-corrected chi connectivity index (χ2v) is 6.61. The van der Waals surface area contributed by atoms with Crippen molar-refractivity contribution in [2.45, 2.75) is 44.0 Å². The lowest BCUT2D eigenvalue weighted by Crippen LogP contribution is -2.46. The van der Waals surface area contributed by atoms with Crippen molar-refractivity contribution in [3.05, 3.63) is 30.1 Å². The summed E-state index contributed by atoms with van der Waals surface area (Å²) in [6.45, 7) is 3.25. The van der Waals surface area contributed by atoms with Crippen LogP contribution >= 0.6 is 0 Å². The molecular formula is C18H26N2O4. The molecule has 1 aromatic heterocycles. The van der Waals surface area contributed by atoms with Crippen LogP contribution in [0.1, 0.15) is 31.2 Å². The van der Waals surface area contributed by atoms with Crippen molar-refractivity contribution < 1.29 is 19.0 Å². The van der Waals surface area contributed by atoms with Gasteiger partial charge in [-0.15, -0.1) is 0 Å². The van der Waals surface area contributed by atoms with Gasteiger partial charge in [0.1, 0.15) is 0 Å². The summed E-state index contributed by atoms with van der Waals surface area (Å²) in [5.74, 6) is 0.176. The summed E-state index contributed by atoms with van der Waals surface area (Å²) in [6, 6.07) is 3.94. The van der Waals surface area contributed by atoms with Crippen molar-refractivity contribution in [2.24, 2.45) is 0 Å². The molecule has 2 fully saturated rings. The van der Waals surface area contributed by atoms with Gasteiger partial charge in [0, 0.05) is 39.0 Å². The topological polar surface area (TPSA) is 60.9 Å². The molecule has 1 unspecified atom stereocenters. The molecule has 0 aliphatic carbocycles. The summed E-state index contributed by atoms with van der Waals surface area (Å²) in [6.07, 6.45) is 6.85. The molecule has 1 aromatic rings. The van der Waals surface area contributed by atoms with E-state index in [1.165, 1.54) is 0 Å². The smallest absolute Gasteiger partial charge is 0.224 e. The number of ether oxygens (including phenoxy) is 3. The first-order valence-corrected chi connectivity index (χ1v) is 8.62. The fourth-order valence-electron chi connectivity index (χ4n) is 3.46. The molecule has 0 aromatic carbocycles. The van der Waals surface area contributed by atoms with Gasteiger partial charge in [0.25, 0.3) is 0 Å². The van der Waals surface area contributed by atoms with E-state index in [1.54, 1.807) is 19.5 Å². The van der Waals surface area contributed by atoms with Gasteiger partial charge in [0.15, 0.2) is 0 Å². The number of hydrogen-bond acceptors (Lipinski definition) is 5. The number of aromatic nitrogens is 1. The lowest BCUT2D eigenvalue weighted by molar-refractivity contribution is -0.136. The summed E-state index contributed by atoms with van der Waals surface area (Å²) in [7, 11) is 1.62. The molecule has 1 spiro atoms. The Morgan fingerprint density at radius 2 is 2.12 bits per heavy atom. The minimum Gasteiger partial charge on any atom is -0.384 e. The van der Waals surface area contributed by atoms with Crippen LogP contribution < -0.4 is 0 Å². The van der Waals surface area contributed by atoms with Crippen LogP contribution in [0.3, 0.4) is 0 Å². The van der Waals surface area contributed by atoms with Crippen LogP contribution in [0.5, 0.6) is 0 Å². The number of carbonyl (C=O) groups excluding carboxylic acids is 1. The second kappa shape index (κ2) is 8.05. The largest absolute Gasteiger partial charge is 0.384 e. The van der Waals surface area contributed by atoms with E-state index in [0.29, 0.717) is 26.2 Å². The fourth-order valence-corrected chi connectivity index (χ4v) is 3.46. The molecule has 0 N–H and O–H groups in total. The zero-order valence-electron chi connectivity index (χ0n) is 14.3. The molecule has 0 bridgehead atoms. The van der Waals surface area contributed by atoms with Crippen LogP contribution in [0.15, 0.2) is 24.5 Å². The van der Waals surface area contributed by atoms with Crippen molar-refractivity contribution in [1.29, 1.82) is 0 Å². The summed E-state index contributed by atoms with van der Waals surface area (Å²) < 4.78 is 17.1. The molecule has 1 amide bonds. The highest BCUT2D eigenvalue weighted by atomic mass is 16.6. The van der Waals surface area contributed by atoms with E-state index < -0.39 is 0 Å². The van der Waals surface area contributed by atoms with Crippen molar-refractivity contribution in [3.63, 3.8) is 0 Å². The van der Waals surface area contributed by atoms with E-state index in [4.69, 9.17) is 14.2 Å². The second-order valence-electron chi connectivity index (χ2n) is 6.61. The van der Waals surface area contributed by atoms with E-state index >= 15 is 0 Å². The lowest BCUT2D eigenvalue weighted by atomic mass is 9.88. The summed E-state index contributed by atoms with van der Waals surface area (Å²) in [5.41, 5.74) is 1.02. The number of methoxy groups -OCH3 is 1. The molecule has 2 aliphatic heterocycles. The van der Waals surface area contributed by atoms with Gasteiger partial charge in [-0.05, 0) is 30.5 Å². The minimum atomic E-state index is -0.110. The zero-order valence-corrected chi connectivity index (χ0v) is 14.3. The minimum absolute atomic E-state index is 0.110. The Kier molecular flexibility index (Phi) is 5.81. The third-order valence-electron chi connectivity index (χ3n) is 4.96. The maximum absolute atomic E-state index is 12.1. The van der Waals surface area contributed by atoms with Crippen LogP contribution in [0.4, 0.5) is 0 Å². The summed E-state index contributed by atoms with van der Waals surface area (Å²) >= 11 is 0. The molecule has 6 nitrogen and oxygen atoms in total. The predicted molar refractivity (Wildman–Crippen MR) is 88.4 cm³/mol. The van der Waals surface area contributed by atoms with Gasteiger partial charge < -0.3 is 19.1 Å². The number of piperidine rings is 1. The number of hydrogen-bond donors (Lipinski definition) is 0. The maximum atomic E-state index is 12.1. The molecule has 2 saturated heterocycles. The molecule has 1 atom stereocenters. The number of nitrogens with zero attached hydrogens (tertiary/aromatic N) is 2. The molecule has 24 heavy (non-hydrogen) atoms. The number of rotatable bonds is 6. The molecule has 3 heterocycles. The molecule has 0 radical (unpaired) electrons. The monoisotopic (exact) mass is 334 g/mol. The van der Waals surface area contributed by atoms with Gasteiger partial charge in [0.2, 0.25) is 5.91 Å². The van der Waals surface area contributed by atoms with Crippen molar-refractivity contribution in [3.8, 4) is 0 Å². The molecule has 132 valence electrons.